The fourth-order valence-corrected chi connectivity index (χ4v) is 0.991. The summed E-state index contributed by atoms with van der Waals surface area (Å²) in [6.07, 6.45) is 5.18. The monoisotopic (exact) mass is 126 g/mol. The van der Waals surface area contributed by atoms with Gasteiger partial charge in [0.1, 0.15) is 0 Å². The molecular weight excluding hydrogens is 110 g/mol. The van der Waals surface area contributed by atoms with Gasteiger partial charge in [-0.2, -0.15) is 0 Å². The Hall–Kier alpha value is -0.300. The van der Waals surface area contributed by atoms with Crippen molar-refractivity contribution < 1.29 is 2.74 Å². The van der Waals surface area contributed by atoms with Gasteiger partial charge in [0.05, 0.1) is 0 Å². The van der Waals surface area contributed by atoms with Gasteiger partial charge in [0.15, 0.2) is 0 Å². The molecule has 0 spiro atoms. The predicted molar refractivity (Wildman–Crippen MR) is 39.2 cm³/mol. The molecule has 0 aromatic rings. The summed E-state index contributed by atoms with van der Waals surface area (Å²) in [6, 6.07) is 0. The second-order valence-corrected chi connectivity index (χ2v) is 2.25. The van der Waals surface area contributed by atoms with E-state index in [0.717, 1.165) is 25.9 Å². The molecule has 1 heterocycles. The van der Waals surface area contributed by atoms with Crippen molar-refractivity contribution in [2.75, 3.05) is 19.6 Å². The number of hydrogen-bond donors (Lipinski definition) is 0. The molecular formula is C8H14N. The molecule has 0 bridgehead atoms. The fourth-order valence-electron chi connectivity index (χ4n) is 0.991. The highest BCUT2D eigenvalue weighted by atomic mass is 15.1. The number of hydrogen-bond acceptors (Lipinski definition) is 1. The van der Waals surface area contributed by atoms with Crippen molar-refractivity contribution in [3.63, 3.8) is 0 Å². The van der Waals surface area contributed by atoms with E-state index >= 15 is 0 Å². The van der Waals surface area contributed by atoms with Crippen LogP contribution in [0, 0.1) is 6.08 Å². The lowest BCUT2D eigenvalue weighted by Gasteiger charge is -2.11. The molecule has 51 valence electrons. The van der Waals surface area contributed by atoms with Gasteiger partial charge < -0.3 is 4.90 Å². The fraction of sp³-hybridized carbons (Fsp3) is 0.750. The second-order valence-electron chi connectivity index (χ2n) is 2.25. The van der Waals surface area contributed by atoms with Gasteiger partial charge in [-0.15, -0.1) is 0 Å². The van der Waals surface area contributed by atoms with E-state index < -0.39 is 6.50 Å². The summed E-state index contributed by atoms with van der Waals surface area (Å²) in [5.74, 6) is 0. The van der Waals surface area contributed by atoms with Crippen LogP contribution in [0.5, 0.6) is 0 Å². The van der Waals surface area contributed by atoms with Crippen LogP contribution in [0.25, 0.3) is 0 Å². The summed E-state index contributed by atoms with van der Waals surface area (Å²) < 4.78 is 15.1. The summed E-state index contributed by atoms with van der Waals surface area (Å²) in [5.41, 5.74) is 0. The minimum Gasteiger partial charge on any atom is -0.303 e. The average Bonchev–Trinajstić information content (AvgIpc) is 2.25. The molecule has 0 amide bonds. The quantitative estimate of drug-likeness (QED) is 0.553. The third kappa shape index (κ3) is 2.19. The summed E-state index contributed by atoms with van der Waals surface area (Å²) >= 11 is 0. The molecule has 0 aromatic carbocycles. The van der Waals surface area contributed by atoms with Crippen LogP contribution in [0.4, 0.5) is 0 Å². The number of nitrogens with zero attached hydrogens (tertiary/aromatic N) is 1. The molecule has 1 fully saturated rings. The molecule has 1 nitrogen and oxygen atoms in total. The maximum absolute atomic E-state index is 7.57. The van der Waals surface area contributed by atoms with Crippen molar-refractivity contribution in [3.8, 4) is 0 Å². The molecule has 1 aliphatic heterocycles. The molecule has 1 saturated heterocycles. The van der Waals surface area contributed by atoms with Gasteiger partial charge in [-0.3, -0.25) is 0 Å². The van der Waals surface area contributed by atoms with Crippen molar-refractivity contribution in [2.24, 2.45) is 0 Å². The van der Waals surface area contributed by atoms with Crippen molar-refractivity contribution in [2.45, 2.75) is 19.3 Å². The highest BCUT2D eigenvalue weighted by molar-refractivity contribution is 4.68. The van der Waals surface area contributed by atoms with E-state index in [1.165, 1.54) is 0 Å². The minimum absolute atomic E-state index is 0.671. The molecule has 0 aromatic heterocycles. The number of rotatable bonds is 3. The Balaban J connectivity index is 2.38. The van der Waals surface area contributed by atoms with Crippen LogP contribution in [0.15, 0.2) is 6.58 Å². The summed E-state index contributed by atoms with van der Waals surface area (Å²) in [7, 11) is 0. The van der Waals surface area contributed by atoms with Gasteiger partial charge in [-0.1, -0.05) is 12.7 Å². The Bertz CT molecular complexity index is 145. The molecule has 1 radical (unpaired) electrons. The lowest BCUT2D eigenvalue weighted by atomic mass is 10.4. The highest BCUT2D eigenvalue weighted by Gasteiger charge is 2.08. The standard InChI is InChI=1S/C8H14N/c1-2-3-6-9-7-4-5-8-9/h1,3-8H2/i7D2. The first kappa shape index (κ1) is 4.51. The molecule has 1 heteroatoms. The lowest BCUT2D eigenvalue weighted by molar-refractivity contribution is 0.344. The normalized spacial score (nSPS) is 29.3. The maximum Gasteiger partial charge on any atom is 0.0431 e. The zero-order valence-electron chi connectivity index (χ0n) is 7.69. The van der Waals surface area contributed by atoms with Crippen LogP contribution in [-0.2, 0) is 0 Å². The van der Waals surface area contributed by atoms with Crippen LogP contribution < -0.4 is 0 Å². The Morgan fingerprint density at radius 1 is 1.67 bits per heavy atom. The van der Waals surface area contributed by atoms with Gasteiger partial charge in [-0.25, -0.2) is 0 Å². The first-order chi connectivity index (χ1) is 5.17. The van der Waals surface area contributed by atoms with E-state index in [0.29, 0.717) is 6.42 Å². The largest absolute Gasteiger partial charge is 0.303 e. The van der Waals surface area contributed by atoms with E-state index in [-0.39, 0.29) is 0 Å². The van der Waals surface area contributed by atoms with E-state index in [2.05, 4.69) is 12.7 Å². The Labute approximate surface area is 60.2 Å². The summed E-state index contributed by atoms with van der Waals surface area (Å²) in [6.45, 7) is 4.07. The average molecular weight is 126 g/mol. The van der Waals surface area contributed by atoms with Crippen molar-refractivity contribution >= 4 is 0 Å². The van der Waals surface area contributed by atoms with Crippen LogP contribution >= 0.6 is 0 Å². The maximum atomic E-state index is 7.57. The van der Waals surface area contributed by atoms with Gasteiger partial charge in [0.2, 0.25) is 0 Å². The van der Waals surface area contributed by atoms with Gasteiger partial charge >= 0.3 is 0 Å². The van der Waals surface area contributed by atoms with Crippen molar-refractivity contribution in [1.82, 2.24) is 4.90 Å². The smallest absolute Gasteiger partial charge is 0.0431 e. The van der Waals surface area contributed by atoms with Crippen LogP contribution in [0.2, 0.25) is 0 Å². The van der Waals surface area contributed by atoms with Gasteiger partial charge in [0.25, 0.3) is 0 Å². The molecule has 0 N–H and O–H groups in total. The third-order valence-corrected chi connectivity index (χ3v) is 1.50. The van der Waals surface area contributed by atoms with Crippen molar-refractivity contribution in [1.29, 1.82) is 0 Å². The van der Waals surface area contributed by atoms with E-state index in [4.69, 9.17) is 2.74 Å². The Kier molecular flexibility index (Phi) is 1.84. The minimum atomic E-state index is -1.07. The molecule has 1 rings (SSSR count). The zero-order chi connectivity index (χ0) is 8.32. The zero-order valence-corrected chi connectivity index (χ0v) is 5.69. The topological polar surface area (TPSA) is 3.24 Å². The molecule has 9 heavy (non-hydrogen) atoms. The van der Waals surface area contributed by atoms with Crippen molar-refractivity contribution in [3.05, 3.63) is 12.7 Å². The van der Waals surface area contributed by atoms with Gasteiger partial charge in [0, 0.05) is 9.29 Å². The molecule has 0 saturated carbocycles. The van der Waals surface area contributed by atoms with E-state index in [1.807, 2.05) is 4.90 Å². The third-order valence-electron chi connectivity index (χ3n) is 1.50. The summed E-state index contributed by atoms with van der Waals surface area (Å²) in [4.78, 5) is 1.87. The molecule has 0 aliphatic carbocycles. The van der Waals surface area contributed by atoms with E-state index in [1.54, 1.807) is 0 Å². The Morgan fingerprint density at radius 3 is 3.11 bits per heavy atom. The molecule has 0 atom stereocenters. The first-order valence-corrected chi connectivity index (χ1v) is 3.42. The van der Waals surface area contributed by atoms with Gasteiger partial charge in [-0.05, 0) is 32.3 Å². The highest BCUT2D eigenvalue weighted by Crippen LogP contribution is 2.06. The predicted octanol–water partition coefficient (Wildman–Crippen LogP) is 1.46. The second kappa shape index (κ2) is 3.67. The van der Waals surface area contributed by atoms with E-state index in [9.17, 15) is 0 Å². The SMILES string of the molecule is [2H]C1([2H])CCCN1CC[C]=C. The molecule has 1 aliphatic rings. The first-order valence-electron chi connectivity index (χ1n) is 4.42. The summed E-state index contributed by atoms with van der Waals surface area (Å²) in [5, 5.41) is 0. The number of likely N-dealkylation sites (tertiary alicyclic amines) is 1. The Morgan fingerprint density at radius 2 is 2.56 bits per heavy atom. The van der Waals surface area contributed by atoms with Crippen LogP contribution in [0.3, 0.4) is 0 Å². The van der Waals surface area contributed by atoms with Crippen LogP contribution in [0.1, 0.15) is 22.0 Å². The lowest BCUT2D eigenvalue weighted by Crippen LogP contribution is -2.19. The van der Waals surface area contributed by atoms with Crippen LogP contribution in [-0.4, -0.2) is 24.5 Å². The molecule has 0 unspecified atom stereocenters.